The van der Waals surface area contributed by atoms with Crippen LogP contribution in [0.5, 0.6) is 0 Å². The van der Waals surface area contributed by atoms with Gasteiger partial charge in [0.25, 0.3) is 0 Å². The topological polar surface area (TPSA) is 69.3 Å². The third-order valence-corrected chi connectivity index (χ3v) is 10.8. The van der Waals surface area contributed by atoms with Gasteiger partial charge < -0.3 is 19.6 Å². The maximum Gasteiger partial charge on any atom is 0.189 e. The van der Waals surface area contributed by atoms with Crippen molar-refractivity contribution in [1.29, 1.82) is 10.5 Å². The molecule has 0 radical (unpaired) electrons. The van der Waals surface area contributed by atoms with Gasteiger partial charge in [0.1, 0.15) is 0 Å². The number of hydrogen-bond acceptors (Lipinski definition) is 6. The van der Waals surface area contributed by atoms with Gasteiger partial charge in [-0.25, -0.2) is 9.69 Å². The van der Waals surface area contributed by atoms with Crippen molar-refractivity contribution in [3.63, 3.8) is 0 Å². The van der Waals surface area contributed by atoms with Crippen LogP contribution in [-0.2, 0) is 0 Å². The lowest BCUT2D eigenvalue weighted by atomic mass is 9.89. The minimum atomic E-state index is 0.128. The first-order chi connectivity index (χ1) is 24.6. The highest BCUT2D eigenvalue weighted by atomic mass is 15.5. The summed E-state index contributed by atoms with van der Waals surface area (Å²) in [5, 5.41) is 20.1. The average Bonchev–Trinajstić information content (AvgIpc) is 3.71. The van der Waals surface area contributed by atoms with Crippen LogP contribution in [-0.4, -0.2) is 24.2 Å². The molecule has 0 aromatic heterocycles. The molecule has 4 aromatic carbocycles. The number of nitrogens with zero attached hydrogens (tertiary/aromatic N) is 8. The van der Waals surface area contributed by atoms with Gasteiger partial charge in [0, 0.05) is 22.7 Å². The number of rotatable bonds is 4. The van der Waals surface area contributed by atoms with E-state index < -0.39 is 0 Å². The van der Waals surface area contributed by atoms with Gasteiger partial charge >= 0.3 is 0 Å². The van der Waals surface area contributed by atoms with Crippen LogP contribution in [0, 0.1) is 35.8 Å². The summed E-state index contributed by atoms with van der Waals surface area (Å²) in [4.78, 5) is 17.5. The van der Waals surface area contributed by atoms with Crippen LogP contribution in [0.15, 0.2) is 109 Å². The second-order valence-corrected chi connectivity index (χ2v) is 13.6. The van der Waals surface area contributed by atoms with E-state index in [1.165, 1.54) is 0 Å². The number of benzene rings is 4. The molecule has 2 saturated heterocycles. The Morgan fingerprint density at radius 1 is 0.480 bits per heavy atom. The first-order valence-corrected chi connectivity index (χ1v) is 17.5. The van der Waals surface area contributed by atoms with E-state index in [4.69, 9.17) is 13.1 Å². The van der Waals surface area contributed by atoms with Crippen LogP contribution >= 0.6 is 0 Å². The number of hydrogen-bond donors (Lipinski definition) is 0. The Bertz CT molecular complexity index is 1860. The zero-order valence-corrected chi connectivity index (χ0v) is 27.8. The lowest BCUT2D eigenvalue weighted by Gasteiger charge is -2.36. The first-order valence-electron chi connectivity index (χ1n) is 17.5. The molecule has 4 aromatic rings. The molecule has 0 amide bonds. The van der Waals surface area contributed by atoms with Crippen LogP contribution in [0.1, 0.15) is 62.5 Å². The molecule has 4 aliphatic rings. The maximum absolute atomic E-state index is 10.0. The van der Waals surface area contributed by atoms with E-state index in [9.17, 15) is 10.5 Å². The minimum Gasteiger partial charge on any atom is -0.321 e. The number of fused-ring (bicyclic) bond motifs is 2. The second-order valence-electron chi connectivity index (χ2n) is 13.6. The molecule has 244 valence electrons. The van der Waals surface area contributed by atoms with Gasteiger partial charge in [-0.15, -0.1) is 0 Å². The molecule has 0 N–H and O–H groups in total. The molecular weight excluding hydrogens is 617 g/mol. The molecule has 2 aliphatic heterocycles. The predicted molar refractivity (Wildman–Crippen MR) is 197 cm³/mol. The fourth-order valence-electron chi connectivity index (χ4n) is 8.81. The van der Waals surface area contributed by atoms with Gasteiger partial charge in [-0.05, 0) is 86.3 Å². The normalized spacial score (nSPS) is 24.1. The molecular formula is C42H36N8. The molecule has 4 fully saturated rings. The van der Waals surface area contributed by atoms with Crippen LogP contribution in [0.3, 0.4) is 0 Å². The highest BCUT2D eigenvalue weighted by Gasteiger charge is 2.53. The summed E-state index contributed by atoms with van der Waals surface area (Å²) in [6.07, 6.45) is 8.36. The summed E-state index contributed by atoms with van der Waals surface area (Å²) >= 11 is 0. The predicted octanol–water partition coefficient (Wildman–Crippen LogP) is 9.63. The molecule has 0 bridgehead atoms. The van der Waals surface area contributed by atoms with Crippen LogP contribution < -0.4 is 19.6 Å². The van der Waals surface area contributed by atoms with E-state index in [1.54, 1.807) is 0 Å². The first kappa shape index (κ1) is 31.1. The molecule has 4 atom stereocenters. The number of anilines is 4. The highest BCUT2D eigenvalue weighted by Crippen LogP contribution is 2.52. The van der Waals surface area contributed by atoms with Crippen molar-refractivity contribution < 1.29 is 0 Å². The molecule has 0 spiro atoms. The van der Waals surface area contributed by atoms with E-state index in [-0.39, 0.29) is 24.2 Å². The summed E-state index contributed by atoms with van der Waals surface area (Å²) in [5.74, 6) is 2.01. The van der Waals surface area contributed by atoms with E-state index in [0.717, 1.165) is 85.8 Å². The van der Waals surface area contributed by atoms with Gasteiger partial charge in [0.15, 0.2) is 23.0 Å². The van der Waals surface area contributed by atoms with Crippen molar-refractivity contribution in [3.05, 3.63) is 143 Å². The molecule has 8 rings (SSSR count). The number of nitriles is 2. The molecule has 4 unspecified atom stereocenters. The Kier molecular flexibility index (Phi) is 8.08. The Hall–Kier alpha value is -6.22. The van der Waals surface area contributed by atoms with Gasteiger partial charge in [0.2, 0.25) is 0 Å². The largest absolute Gasteiger partial charge is 0.321 e. The Balaban J connectivity index is 1.50. The van der Waals surface area contributed by atoms with Crippen molar-refractivity contribution in [3.8, 4) is 12.1 Å². The zero-order chi connectivity index (χ0) is 34.2. The Morgan fingerprint density at radius 2 is 0.800 bits per heavy atom. The molecule has 50 heavy (non-hydrogen) atoms. The second kappa shape index (κ2) is 13.0. The molecule has 8 nitrogen and oxygen atoms in total. The van der Waals surface area contributed by atoms with Crippen LogP contribution in [0.25, 0.3) is 9.69 Å². The third kappa shape index (κ3) is 5.18. The van der Waals surface area contributed by atoms with E-state index in [2.05, 4.69) is 65.7 Å². The maximum atomic E-state index is 10.0. The van der Waals surface area contributed by atoms with Crippen molar-refractivity contribution >= 4 is 34.1 Å². The van der Waals surface area contributed by atoms with Gasteiger partial charge in [-0.1, -0.05) is 62.1 Å². The van der Waals surface area contributed by atoms with Gasteiger partial charge in [-0.2, -0.15) is 10.5 Å². The van der Waals surface area contributed by atoms with E-state index in [0.29, 0.717) is 22.5 Å². The SMILES string of the molecule is [C-]#[N+]c1cccc(N2/C(=C3/N(c4cccc(C#N)c4)C4CCCCC4N3c3cccc([N+]#[C-])c3)N(c3cccc(C#N)c3)C3CCCCC32)c1. The monoisotopic (exact) mass is 652 g/mol. The van der Waals surface area contributed by atoms with E-state index >= 15 is 0 Å². The molecule has 2 aliphatic carbocycles. The summed E-state index contributed by atoms with van der Waals surface area (Å²) < 4.78 is 0. The summed E-state index contributed by atoms with van der Waals surface area (Å²) in [7, 11) is 0. The Labute approximate surface area is 293 Å². The summed E-state index contributed by atoms with van der Waals surface area (Å²) in [6.45, 7) is 15.8. The van der Waals surface area contributed by atoms with Crippen molar-refractivity contribution in [2.24, 2.45) is 0 Å². The standard InChI is InChI=1S/C42H36N8/c1-45-31-13-9-17-35(25-31)49-39-21-5-3-19-37(39)47(33-15-7-11-29(23-33)27-43)41(49)42-48(34-16-8-12-30(24-34)28-44)38-20-4-6-22-40(38)50(42)36-18-10-14-32(26-36)46-2/h7-18,23-26,37-40H,3-6,19-22H2/b42-41-. The quantitative estimate of drug-likeness (QED) is 0.205. The average molecular weight is 653 g/mol. The lowest BCUT2D eigenvalue weighted by Crippen LogP contribution is -2.40. The molecule has 2 saturated carbocycles. The van der Waals surface area contributed by atoms with Crippen molar-refractivity contribution in [2.45, 2.75) is 75.5 Å². The Morgan fingerprint density at radius 3 is 1.12 bits per heavy atom. The van der Waals surface area contributed by atoms with Gasteiger partial charge in [0.05, 0.1) is 60.6 Å². The van der Waals surface area contributed by atoms with Crippen LogP contribution in [0.4, 0.5) is 34.1 Å². The van der Waals surface area contributed by atoms with E-state index in [1.807, 2.05) is 72.8 Å². The zero-order valence-electron chi connectivity index (χ0n) is 27.8. The third-order valence-electron chi connectivity index (χ3n) is 10.8. The highest BCUT2D eigenvalue weighted by molar-refractivity contribution is 5.78. The van der Waals surface area contributed by atoms with Crippen LogP contribution in [0.2, 0.25) is 0 Å². The minimum absolute atomic E-state index is 0.128. The molecule has 8 heteroatoms. The van der Waals surface area contributed by atoms with Crippen molar-refractivity contribution in [1.82, 2.24) is 0 Å². The summed E-state index contributed by atoms with van der Waals surface area (Å²) in [6, 6.07) is 37.0. The summed E-state index contributed by atoms with van der Waals surface area (Å²) in [5.41, 5.74) is 6.24. The molecule has 2 heterocycles. The lowest BCUT2D eigenvalue weighted by molar-refractivity contribution is 0.409. The smallest absolute Gasteiger partial charge is 0.189 e. The van der Waals surface area contributed by atoms with Crippen molar-refractivity contribution in [2.75, 3.05) is 19.6 Å². The van der Waals surface area contributed by atoms with Gasteiger partial charge in [-0.3, -0.25) is 0 Å². The fraction of sp³-hybridized carbons (Fsp3) is 0.286. The fourth-order valence-corrected chi connectivity index (χ4v) is 8.81.